The van der Waals surface area contributed by atoms with E-state index < -0.39 is 0 Å². The molecule has 0 aromatic carbocycles. The lowest BCUT2D eigenvalue weighted by Crippen LogP contribution is -2.37. The Hall–Kier alpha value is -0.580. The van der Waals surface area contributed by atoms with Gasteiger partial charge < -0.3 is 10.1 Å². The fraction of sp³-hybridized carbons (Fsp3) is 0.750. The van der Waals surface area contributed by atoms with Gasteiger partial charge in [0.1, 0.15) is 5.15 Å². The summed E-state index contributed by atoms with van der Waals surface area (Å²) in [5, 5.41) is 8.47. The van der Waals surface area contributed by atoms with Crippen molar-refractivity contribution in [2.75, 3.05) is 13.7 Å². The Balaban J connectivity index is 2.65. The van der Waals surface area contributed by atoms with Gasteiger partial charge in [0.15, 0.2) is 0 Å². The van der Waals surface area contributed by atoms with E-state index in [2.05, 4.69) is 24.3 Å². The van der Waals surface area contributed by atoms with Crippen LogP contribution in [0.15, 0.2) is 0 Å². The number of rotatable bonds is 6. The van der Waals surface area contributed by atoms with E-state index in [4.69, 9.17) is 16.3 Å². The van der Waals surface area contributed by atoms with Crippen molar-refractivity contribution in [2.45, 2.75) is 33.4 Å². The number of aromatic nitrogens is 2. The number of hydrogen-bond acceptors (Lipinski definition) is 3. The van der Waals surface area contributed by atoms with Crippen LogP contribution >= 0.6 is 11.6 Å². The molecule has 0 amide bonds. The van der Waals surface area contributed by atoms with E-state index in [1.807, 2.05) is 14.0 Å². The van der Waals surface area contributed by atoms with Crippen LogP contribution in [-0.2, 0) is 18.3 Å². The van der Waals surface area contributed by atoms with Crippen molar-refractivity contribution in [1.29, 1.82) is 0 Å². The van der Waals surface area contributed by atoms with E-state index in [9.17, 15) is 0 Å². The lowest BCUT2D eigenvalue weighted by atomic mass is 10.1. The summed E-state index contributed by atoms with van der Waals surface area (Å²) in [6, 6.07) is 0.329. The average Bonchev–Trinajstić information content (AvgIpc) is 2.49. The molecule has 1 aromatic heterocycles. The van der Waals surface area contributed by atoms with Crippen LogP contribution in [0.4, 0.5) is 0 Å². The van der Waals surface area contributed by atoms with E-state index in [0.29, 0.717) is 23.7 Å². The quantitative estimate of drug-likeness (QED) is 0.851. The van der Waals surface area contributed by atoms with Crippen molar-refractivity contribution in [3.05, 3.63) is 16.4 Å². The molecule has 0 saturated carbocycles. The maximum atomic E-state index is 6.18. The number of methoxy groups -OCH3 is 1. The number of nitrogens with zero attached hydrogens (tertiary/aromatic N) is 2. The summed E-state index contributed by atoms with van der Waals surface area (Å²) >= 11 is 6.18. The minimum Gasteiger partial charge on any atom is -0.383 e. The summed E-state index contributed by atoms with van der Waals surface area (Å²) in [4.78, 5) is 0. The molecule has 0 fully saturated rings. The fourth-order valence-corrected chi connectivity index (χ4v) is 2.02. The second-order valence-corrected chi connectivity index (χ2v) is 5.02. The molecule has 0 bridgehead atoms. The predicted octanol–water partition coefficient (Wildman–Crippen LogP) is 2.14. The van der Waals surface area contributed by atoms with E-state index in [-0.39, 0.29) is 0 Å². The lowest BCUT2D eigenvalue weighted by Gasteiger charge is -2.21. The average molecular weight is 260 g/mol. The van der Waals surface area contributed by atoms with Crippen LogP contribution in [0.2, 0.25) is 5.15 Å². The molecule has 1 aromatic rings. The highest BCUT2D eigenvalue weighted by Crippen LogP contribution is 2.18. The van der Waals surface area contributed by atoms with Crippen molar-refractivity contribution >= 4 is 11.6 Å². The molecule has 0 aliphatic heterocycles. The van der Waals surface area contributed by atoms with Crippen LogP contribution in [0, 0.1) is 12.8 Å². The van der Waals surface area contributed by atoms with Crippen LogP contribution < -0.4 is 5.32 Å². The summed E-state index contributed by atoms with van der Waals surface area (Å²) in [5.74, 6) is 0.519. The third kappa shape index (κ3) is 3.69. The van der Waals surface area contributed by atoms with Crippen molar-refractivity contribution in [3.8, 4) is 0 Å². The maximum Gasteiger partial charge on any atom is 0.131 e. The standard InChI is InChI=1S/C12H22ClN3O/c1-8(2)11(7-17-5)14-6-10-9(3)15-16(4)12(10)13/h8,11,14H,6-7H2,1-5H3. The third-order valence-electron chi connectivity index (χ3n) is 2.96. The smallest absolute Gasteiger partial charge is 0.131 e. The molecule has 1 atom stereocenters. The zero-order valence-corrected chi connectivity index (χ0v) is 12.0. The normalized spacial score (nSPS) is 13.4. The first-order valence-electron chi connectivity index (χ1n) is 5.87. The highest BCUT2D eigenvalue weighted by Gasteiger charge is 2.16. The van der Waals surface area contributed by atoms with Gasteiger partial charge in [0.25, 0.3) is 0 Å². The van der Waals surface area contributed by atoms with Crippen molar-refractivity contribution in [1.82, 2.24) is 15.1 Å². The molecule has 98 valence electrons. The maximum absolute atomic E-state index is 6.18. The summed E-state index contributed by atoms with van der Waals surface area (Å²) < 4.78 is 6.91. The second kappa shape index (κ2) is 6.38. The first-order chi connectivity index (χ1) is 7.97. The molecule has 0 aliphatic carbocycles. The van der Waals surface area contributed by atoms with Crippen molar-refractivity contribution < 1.29 is 4.74 Å². The molecule has 1 unspecified atom stereocenters. The third-order valence-corrected chi connectivity index (χ3v) is 3.43. The van der Waals surface area contributed by atoms with Gasteiger partial charge in [0, 0.05) is 32.3 Å². The van der Waals surface area contributed by atoms with Crippen molar-refractivity contribution in [3.63, 3.8) is 0 Å². The van der Waals surface area contributed by atoms with E-state index in [1.54, 1.807) is 11.8 Å². The van der Waals surface area contributed by atoms with Gasteiger partial charge >= 0.3 is 0 Å². The van der Waals surface area contributed by atoms with Gasteiger partial charge in [-0.15, -0.1) is 0 Å². The zero-order valence-electron chi connectivity index (χ0n) is 11.2. The minimum atomic E-state index is 0.329. The molecule has 1 rings (SSSR count). The number of nitrogens with one attached hydrogen (secondary N) is 1. The Morgan fingerprint density at radius 3 is 2.53 bits per heavy atom. The number of ether oxygens (including phenoxy) is 1. The minimum absolute atomic E-state index is 0.329. The predicted molar refractivity (Wildman–Crippen MR) is 70.3 cm³/mol. The molecular formula is C12H22ClN3O. The molecule has 5 heteroatoms. The Morgan fingerprint density at radius 2 is 2.12 bits per heavy atom. The summed E-state index contributed by atoms with van der Waals surface area (Å²) in [6.07, 6.45) is 0. The van der Waals surface area contributed by atoms with E-state index in [0.717, 1.165) is 17.8 Å². The number of halogens is 1. The summed E-state index contributed by atoms with van der Waals surface area (Å²) in [6.45, 7) is 7.76. The Kier molecular flexibility index (Phi) is 5.43. The molecule has 17 heavy (non-hydrogen) atoms. The van der Waals surface area contributed by atoms with Gasteiger partial charge in [-0.25, -0.2) is 0 Å². The van der Waals surface area contributed by atoms with Gasteiger partial charge in [-0.05, 0) is 12.8 Å². The van der Waals surface area contributed by atoms with Crippen LogP contribution in [-0.4, -0.2) is 29.5 Å². The molecule has 0 aliphatic rings. The highest BCUT2D eigenvalue weighted by molar-refractivity contribution is 6.30. The summed E-state index contributed by atoms with van der Waals surface area (Å²) in [5.41, 5.74) is 2.04. The van der Waals surface area contributed by atoms with Crippen LogP contribution in [0.3, 0.4) is 0 Å². The van der Waals surface area contributed by atoms with Gasteiger partial charge in [-0.2, -0.15) is 5.10 Å². The number of hydrogen-bond donors (Lipinski definition) is 1. The number of aryl methyl sites for hydroxylation is 2. The monoisotopic (exact) mass is 259 g/mol. The topological polar surface area (TPSA) is 39.1 Å². The second-order valence-electron chi connectivity index (χ2n) is 4.67. The molecule has 0 saturated heterocycles. The van der Waals surface area contributed by atoms with Crippen molar-refractivity contribution in [2.24, 2.45) is 13.0 Å². The Labute approximate surface area is 108 Å². The first-order valence-corrected chi connectivity index (χ1v) is 6.25. The molecule has 1 heterocycles. The van der Waals surface area contributed by atoms with Crippen LogP contribution in [0.25, 0.3) is 0 Å². The van der Waals surface area contributed by atoms with Gasteiger partial charge in [-0.3, -0.25) is 4.68 Å². The molecular weight excluding hydrogens is 238 g/mol. The SMILES string of the molecule is COCC(NCc1c(C)nn(C)c1Cl)C(C)C. The van der Waals surface area contributed by atoms with Gasteiger partial charge in [-0.1, -0.05) is 25.4 Å². The van der Waals surface area contributed by atoms with E-state index in [1.165, 1.54) is 0 Å². The molecule has 4 nitrogen and oxygen atoms in total. The summed E-state index contributed by atoms with van der Waals surface area (Å²) in [7, 11) is 3.58. The van der Waals surface area contributed by atoms with Gasteiger partial charge in [0.2, 0.25) is 0 Å². The van der Waals surface area contributed by atoms with Crippen LogP contribution in [0.5, 0.6) is 0 Å². The van der Waals surface area contributed by atoms with Gasteiger partial charge in [0.05, 0.1) is 12.3 Å². The lowest BCUT2D eigenvalue weighted by molar-refractivity contribution is 0.146. The largest absolute Gasteiger partial charge is 0.383 e. The first kappa shape index (κ1) is 14.5. The molecule has 1 N–H and O–H groups in total. The molecule has 0 radical (unpaired) electrons. The Bertz CT molecular complexity index is 363. The zero-order chi connectivity index (χ0) is 13.0. The highest BCUT2D eigenvalue weighted by atomic mass is 35.5. The Morgan fingerprint density at radius 1 is 1.47 bits per heavy atom. The van der Waals surface area contributed by atoms with E-state index >= 15 is 0 Å². The molecule has 0 spiro atoms. The van der Waals surface area contributed by atoms with Crippen LogP contribution in [0.1, 0.15) is 25.1 Å². The fourth-order valence-electron chi connectivity index (χ4n) is 1.77.